The maximum absolute atomic E-state index is 13.5. The molecule has 0 radical (unpaired) electrons. The first kappa shape index (κ1) is 25.5. The van der Waals surface area contributed by atoms with Crippen molar-refractivity contribution in [1.29, 1.82) is 0 Å². The number of hydrogen-bond donors (Lipinski definition) is 0. The minimum absolute atomic E-state index is 0.0893. The van der Waals surface area contributed by atoms with E-state index in [1.54, 1.807) is 20.8 Å². The lowest BCUT2D eigenvalue weighted by atomic mass is 10.0. The zero-order valence-corrected chi connectivity index (χ0v) is 21.5. The molecule has 1 saturated heterocycles. The Hall–Kier alpha value is -3.54. The van der Waals surface area contributed by atoms with Gasteiger partial charge in [0.25, 0.3) is 0 Å². The molecule has 8 heteroatoms. The van der Waals surface area contributed by atoms with Crippen molar-refractivity contribution in [3.8, 4) is 23.6 Å². The van der Waals surface area contributed by atoms with Gasteiger partial charge in [0, 0.05) is 24.0 Å². The third kappa shape index (κ3) is 6.36. The number of carbonyl (C=O) groups excluding carboxylic acids is 2. The summed E-state index contributed by atoms with van der Waals surface area (Å²) in [5, 5.41) is 4.23. The molecule has 36 heavy (non-hydrogen) atoms. The number of terminal acetylenes is 1. The van der Waals surface area contributed by atoms with Crippen LogP contribution in [0.1, 0.15) is 43.2 Å². The molecule has 0 spiro atoms. The minimum Gasteiger partial charge on any atom is -0.444 e. The molecule has 3 aromatic rings. The summed E-state index contributed by atoms with van der Waals surface area (Å²) in [6.45, 7) is 6.05. The molecule has 1 unspecified atom stereocenters. The van der Waals surface area contributed by atoms with Crippen molar-refractivity contribution in [3.63, 3.8) is 0 Å². The summed E-state index contributed by atoms with van der Waals surface area (Å²) in [6, 6.07) is 16.5. The molecular weight excluding hydrogens is 474 g/mol. The van der Waals surface area contributed by atoms with Crippen LogP contribution >= 0.6 is 11.5 Å². The summed E-state index contributed by atoms with van der Waals surface area (Å²) in [5.74, 6) is 2.51. The molecule has 186 valence electrons. The lowest BCUT2D eigenvalue weighted by molar-refractivity contribution is -0.122. The molecule has 0 N–H and O–H groups in total. The van der Waals surface area contributed by atoms with Gasteiger partial charge in [-0.05, 0) is 50.0 Å². The van der Waals surface area contributed by atoms with E-state index in [2.05, 4.69) is 15.5 Å². The highest BCUT2D eigenvalue weighted by atomic mass is 32.1. The minimum atomic E-state index is -0.676. The fourth-order valence-electron chi connectivity index (χ4n) is 4.07. The Morgan fingerprint density at radius 3 is 2.53 bits per heavy atom. The average Bonchev–Trinajstić information content (AvgIpc) is 3.50. The highest BCUT2D eigenvalue weighted by Crippen LogP contribution is 2.29. The van der Waals surface area contributed by atoms with E-state index in [1.165, 1.54) is 16.4 Å². The van der Waals surface area contributed by atoms with E-state index < -0.39 is 17.7 Å². The number of aromatic nitrogens is 2. The molecule has 0 bridgehead atoms. The fourth-order valence-corrected chi connectivity index (χ4v) is 4.75. The topological polar surface area (TPSA) is 81.6 Å². The number of Topliss-reactive ketones (excluding diaryl/α,β-unsaturated/α-hetero) is 1. The van der Waals surface area contributed by atoms with Crippen molar-refractivity contribution in [3.05, 3.63) is 70.6 Å². The Labute approximate surface area is 215 Å². The quantitative estimate of drug-likeness (QED) is 0.427. The number of nitrogens with zero attached hydrogens (tertiary/aromatic N) is 3. The van der Waals surface area contributed by atoms with E-state index in [0.29, 0.717) is 18.7 Å². The van der Waals surface area contributed by atoms with Gasteiger partial charge in [-0.1, -0.05) is 52.9 Å². The van der Waals surface area contributed by atoms with Crippen LogP contribution in [0.4, 0.5) is 4.79 Å². The van der Waals surface area contributed by atoms with E-state index in [1.807, 2.05) is 54.6 Å². The number of ether oxygens (including phenoxy) is 2. The van der Waals surface area contributed by atoms with Crippen LogP contribution in [0.3, 0.4) is 0 Å². The number of hydrogen-bond acceptors (Lipinski definition) is 7. The average molecular weight is 504 g/mol. The highest BCUT2D eigenvalue weighted by molar-refractivity contribution is 7.06. The van der Waals surface area contributed by atoms with E-state index >= 15 is 0 Å². The molecule has 0 saturated carbocycles. The predicted octanol–water partition coefficient (Wildman–Crippen LogP) is 4.89. The second-order valence-electron chi connectivity index (χ2n) is 9.71. The van der Waals surface area contributed by atoms with Crippen molar-refractivity contribution in [2.75, 3.05) is 6.54 Å². The van der Waals surface area contributed by atoms with Crippen LogP contribution in [-0.4, -0.2) is 50.7 Å². The normalized spacial score (nSPS) is 17.6. The summed E-state index contributed by atoms with van der Waals surface area (Å²) < 4.78 is 15.8. The Morgan fingerprint density at radius 2 is 1.86 bits per heavy atom. The summed E-state index contributed by atoms with van der Waals surface area (Å²) in [7, 11) is 0. The van der Waals surface area contributed by atoms with Gasteiger partial charge in [-0.15, -0.1) is 11.5 Å². The SMILES string of the molecule is C#Cc1ccc(CO[C@H]2CC(C(=O)Cc3snnc3-c3ccccc3)N(C(=O)OC(C)(C)C)C2)cc1. The number of benzene rings is 2. The molecule has 4 rings (SSSR count). The molecule has 2 aromatic carbocycles. The van der Waals surface area contributed by atoms with Crippen molar-refractivity contribution in [2.24, 2.45) is 0 Å². The van der Waals surface area contributed by atoms with Gasteiger partial charge in [0.15, 0.2) is 5.78 Å². The summed E-state index contributed by atoms with van der Waals surface area (Å²) in [4.78, 5) is 28.8. The Bertz CT molecular complexity index is 1240. The lowest BCUT2D eigenvalue weighted by Gasteiger charge is -2.27. The van der Waals surface area contributed by atoms with Crippen molar-refractivity contribution >= 4 is 23.4 Å². The first-order valence-corrected chi connectivity index (χ1v) is 12.6. The van der Waals surface area contributed by atoms with Gasteiger partial charge in [-0.3, -0.25) is 9.69 Å². The largest absolute Gasteiger partial charge is 0.444 e. The zero-order valence-electron chi connectivity index (χ0n) is 20.6. The zero-order chi connectivity index (χ0) is 25.7. The van der Waals surface area contributed by atoms with Gasteiger partial charge in [0.05, 0.1) is 30.2 Å². The van der Waals surface area contributed by atoms with Gasteiger partial charge in [0.1, 0.15) is 11.3 Å². The summed E-state index contributed by atoms with van der Waals surface area (Å²) in [5.41, 5.74) is 2.69. The van der Waals surface area contributed by atoms with E-state index in [9.17, 15) is 9.59 Å². The Balaban J connectivity index is 1.48. The fraction of sp³-hybridized carbons (Fsp3) is 0.357. The smallest absolute Gasteiger partial charge is 0.410 e. The van der Waals surface area contributed by atoms with Gasteiger partial charge in [-0.2, -0.15) is 0 Å². The molecule has 1 aliphatic heterocycles. The van der Waals surface area contributed by atoms with Crippen LogP contribution in [0, 0.1) is 12.3 Å². The molecule has 7 nitrogen and oxygen atoms in total. The van der Waals surface area contributed by atoms with Gasteiger partial charge in [-0.25, -0.2) is 4.79 Å². The third-order valence-corrected chi connectivity index (χ3v) is 6.53. The maximum Gasteiger partial charge on any atom is 0.410 e. The van der Waals surface area contributed by atoms with Crippen molar-refractivity contribution in [2.45, 2.75) is 58.0 Å². The number of rotatable bonds is 7. The molecule has 2 atom stereocenters. The number of likely N-dealkylation sites (tertiary alicyclic amines) is 1. The molecule has 1 aromatic heterocycles. The molecule has 0 aliphatic carbocycles. The number of amides is 1. The van der Waals surface area contributed by atoms with E-state index in [0.717, 1.165) is 21.6 Å². The van der Waals surface area contributed by atoms with Gasteiger partial charge >= 0.3 is 6.09 Å². The van der Waals surface area contributed by atoms with Crippen molar-refractivity contribution < 1.29 is 19.1 Å². The molecule has 1 amide bonds. The lowest BCUT2D eigenvalue weighted by Crippen LogP contribution is -2.44. The van der Waals surface area contributed by atoms with Crippen LogP contribution in [0.15, 0.2) is 54.6 Å². The van der Waals surface area contributed by atoms with Gasteiger partial charge < -0.3 is 9.47 Å². The maximum atomic E-state index is 13.5. The van der Waals surface area contributed by atoms with Crippen LogP contribution in [0.5, 0.6) is 0 Å². The number of ketones is 1. The second kappa shape index (κ2) is 11.0. The van der Waals surface area contributed by atoms with Crippen molar-refractivity contribution in [1.82, 2.24) is 14.5 Å². The Morgan fingerprint density at radius 1 is 1.14 bits per heavy atom. The third-order valence-electron chi connectivity index (χ3n) is 5.81. The molecule has 1 aliphatic rings. The van der Waals surface area contributed by atoms with Crippen LogP contribution in [0.25, 0.3) is 11.3 Å². The van der Waals surface area contributed by atoms with Crippen LogP contribution < -0.4 is 0 Å². The first-order valence-electron chi connectivity index (χ1n) is 11.8. The predicted molar refractivity (Wildman–Crippen MR) is 138 cm³/mol. The van der Waals surface area contributed by atoms with Crippen LogP contribution in [0.2, 0.25) is 0 Å². The van der Waals surface area contributed by atoms with Gasteiger partial charge in [0.2, 0.25) is 0 Å². The summed E-state index contributed by atoms with van der Waals surface area (Å²) >= 11 is 1.20. The molecular formula is C28H29N3O4S. The van der Waals surface area contributed by atoms with E-state index in [4.69, 9.17) is 15.9 Å². The monoisotopic (exact) mass is 503 g/mol. The first-order chi connectivity index (χ1) is 17.2. The summed E-state index contributed by atoms with van der Waals surface area (Å²) in [6.07, 6.45) is 5.14. The number of carbonyl (C=O) groups is 2. The van der Waals surface area contributed by atoms with E-state index in [-0.39, 0.29) is 24.9 Å². The standard InChI is InChI=1S/C28H29N3O4S/c1-5-19-11-13-20(14-12-19)18-34-22-15-23(31(17-22)27(33)35-28(2,3)4)24(32)16-25-26(29-30-36-25)21-9-7-6-8-10-21/h1,6-14,22-23H,15-18H2,2-4H3/t22-,23?/m0/s1. The van der Waals surface area contributed by atoms with Crippen LogP contribution in [-0.2, 0) is 27.3 Å². The Kier molecular flexibility index (Phi) is 7.82. The highest BCUT2D eigenvalue weighted by Gasteiger charge is 2.42. The molecule has 2 heterocycles. The second-order valence-corrected chi connectivity index (χ2v) is 10.6. The molecule has 1 fully saturated rings.